The second-order valence-corrected chi connectivity index (χ2v) is 6.39. The van der Waals surface area contributed by atoms with Gasteiger partial charge in [-0.2, -0.15) is 0 Å². The first-order chi connectivity index (χ1) is 11.4. The molecule has 0 aliphatic rings. The molecule has 0 atom stereocenters. The van der Waals surface area contributed by atoms with Crippen molar-refractivity contribution in [1.82, 2.24) is 4.98 Å². The van der Waals surface area contributed by atoms with Gasteiger partial charge in [0, 0.05) is 11.3 Å². The molecule has 0 unspecified atom stereocenters. The number of rotatable bonds is 4. The summed E-state index contributed by atoms with van der Waals surface area (Å²) >= 11 is 1.06. The Morgan fingerprint density at radius 2 is 1.92 bits per heavy atom. The lowest BCUT2D eigenvalue weighted by molar-refractivity contribution is 0.100. The SMILES string of the molecule is Cc1coc(-c2cc(NC(=O)c3ccc(C(N)=O)s3)ccc2C)n1. The molecule has 0 spiro atoms. The monoisotopic (exact) mass is 341 g/mol. The Kier molecular flexibility index (Phi) is 4.18. The van der Waals surface area contributed by atoms with E-state index in [1.807, 2.05) is 19.9 Å². The van der Waals surface area contributed by atoms with Gasteiger partial charge in [0.05, 0.1) is 15.4 Å². The number of primary amides is 1. The molecular formula is C17H15N3O3S. The van der Waals surface area contributed by atoms with Gasteiger partial charge in [-0.15, -0.1) is 11.3 Å². The van der Waals surface area contributed by atoms with E-state index in [1.54, 1.807) is 24.5 Å². The molecule has 24 heavy (non-hydrogen) atoms. The van der Waals surface area contributed by atoms with Gasteiger partial charge in [-0.25, -0.2) is 4.98 Å². The zero-order chi connectivity index (χ0) is 17.3. The van der Waals surface area contributed by atoms with E-state index in [4.69, 9.17) is 10.2 Å². The molecule has 3 rings (SSSR count). The van der Waals surface area contributed by atoms with E-state index in [2.05, 4.69) is 10.3 Å². The van der Waals surface area contributed by atoms with Crippen LogP contribution < -0.4 is 11.1 Å². The minimum Gasteiger partial charge on any atom is -0.444 e. The molecule has 0 aliphatic heterocycles. The number of nitrogens with one attached hydrogen (secondary N) is 1. The first kappa shape index (κ1) is 15.9. The lowest BCUT2D eigenvalue weighted by atomic mass is 10.1. The van der Waals surface area contributed by atoms with Crippen LogP contribution in [0.3, 0.4) is 0 Å². The second-order valence-electron chi connectivity index (χ2n) is 5.31. The van der Waals surface area contributed by atoms with Crippen LogP contribution in [-0.2, 0) is 0 Å². The average Bonchev–Trinajstić information content (AvgIpc) is 3.18. The number of hydrogen-bond donors (Lipinski definition) is 2. The number of thiophene rings is 1. The number of carbonyl (C=O) groups excluding carboxylic acids is 2. The summed E-state index contributed by atoms with van der Waals surface area (Å²) in [6.07, 6.45) is 1.58. The van der Waals surface area contributed by atoms with Crippen LogP contribution in [0.1, 0.15) is 30.6 Å². The molecule has 0 aliphatic carbocycles. The van der Waals surface area contributed by atoms with Gasteiger partial charge in [-0.1, -0.05) is 6.07 Å². The van der Waals surface area contributed by atoms with E-state index in [0.717, 1.165) is 28.2 Å². The Labute approximate surface area is 142 Å². The molecule has 0 saturated carbocycles. The molecule has 2 heterocycles. The Morgan fingerprint density at radius 3 is 2.54 bits per heavy atom. The first-order valence-corrected chi connectivity index (χ1v) is 8.00. The Morgan fingerprint density at radius 1 is 1.17 bits per heavy atom. The topological polar surface area (TPSA) is 98.2 Å². The van der Waals surface area contributed by atoms with Gasteiger partial charge in [0.2, 0.25) is 5.89 Å². The normalized spacial score (nSPS) is 10.6. The third kappa shape index (κ3) is 3.21. The van der Waals surface area contributed by atoms with Gasteiger partial charge in [0.25, 0.3) is 11.8 Å². The maximum atomic E-state index is 12.3. The molecule has 2 amide bonds. The number of amides is 2. The fourth-order valence-electron chi connectivity index (χ4n) is 2.19. The van der Waals surface area contributed by atoms with Crippen molar-refractivity contribution in [2.45, 2.75) is 13.8 Å². The quantitative estimate of drug-likeness (QED) is 0.760. The van der Waals surface area contributed by atoms with Gasteiger partial charge in [0.15, 0.2) is 0 Å². The summed E-state index contributed by atoms with van der Waals surface area (Å²) in [4.78, 5) is 28.5. The van der Waals surface area contributed by atoms with Crippen molar-refractivity contribution in [3.8, 4) is 11.5 Å². The fraction of sp³-hybridized carbons (Fsp3) is 0.118. The van der Waals surface area contributed by atoms with Crippen LogP contribution in [0.25, 0.3) is 11.5 Å². The van der Waals surface area contributed by atoms with Crippen molar-refractivity contribution in [1.29, 1.82) is 0 Å². The molecule has 122 valence electrons. The molecule has 7 heteroatoms. The van der Waals surface area contributed by atoms with Crippen LogP contribution in [0, 0.1) is 13.8 Å². The van der Waals surface area contributed by atoms with Gasteiger partial charge in [0.1, 0.15) is 6.26 Å². The molecular weight excluding hydrogens is 326 g/mol. The molecule has 0 fully saturated rings. The summed E-state index contributed by atoms with van der Waals surface area (Å²) in [5.41, 5.74) is 8.41. The van der Waals surface area contributed by atoms with Crippen LogP contribution in [0.15, 0.2) is 41.0 Å². The minimum absolute atomic E-state index is 0.300. The third-order valence-electron chi connectivity index (χ3n) is 3.42. The molecule has 1 aromatic carbocycles. The highest BCUT2D eigenvalue weighted by Gasteiger charge is 2.14. The largest absolute Gasteiger partial charge is 0.444 e. The summed E-state index contributed by atoms with van der Waals surface area (Å²) in [5.74, 6) is -0.338. The predicted octanol–water partition coefficient (Wildman–Crippen LogP) is 3.37. The highest BCUT2D eigenvalue weighted by Crippen LogP contribution is 2.26. The van der Waals surface area contributed by atoms with Gasteiger partial charge in [-0.3, -0.25) is 9.59 Å². The number of benzene rings is 1. The summed E-state index contributed by atoms with van der Waals surface area (Å²) in [6.45, 7) is 3.79. The van der Waals surface area contributed by atoms with E-state index < -0.39 is 5.91 Å². The summed E-state index contributed by atoms with van der Waals surface area (Å²) in [5, 5.41) is 2.80. The third-order valence-corrected chi connectivity index (χ3v) is 4.52. The van der Waals surface area contributed by atoms with E-state index in [-0.39, 0.29) is 5.91 Å². The number of carbonyl (C=O) groups is 2. The highest BCUT2D eigenvalue weighted by atomic mass is 32.1. The van der Waals surface area contributed by atoms with Crippen molar-refractivity contribution in [3.05, 3.63) is 57.6 Å². The zero-order valence-corrected chi connectivity index (χ0v) is 13.9. The lowest BCUT2D eigenvalue weighted by Crippen LogP contribution is -2.11. The van der Waals surface area contributed by atoms with Crippen LogP contribution in [-0.4, -0.2) is 16.8 Å². The number of nitrogens with two attached hydrogens (primary N) is 1. The van der Waals surface area contributed by atoms with Crippen molar-refractivity contribution >= 4 is 28.8 Å². The standard InChI is InChI=1S/C17H15N3O3S/c1-9-3-4-11(7-12(9)17-19-10(2)8-23-17)20-16(22)14-6-5-13(24-14)15(18)21/h3-8H,1-2H3,(H2,18,21)(H,20,22). The minimum atomic E-state index is -0.545. The number of oxazole rings is 1. The zero-order valence-electron chi connectivity index (χ0n) is 13.1. The maximum absolute atomic E-state index is 12.3. The Balaban J connectivity index is 1.84. The maximum Gasteiger partial charge on any atom is 0.265 e. The van der Waals surface area contributed by atoms with Crippen molar-refractivity contribution in [2.24, 2.45) is 5.73 Å². The first-order valence-electron chi connectivity index (χ1n) is 7.18. The number of aromatic nitrogens is 1. The average molecular weight is 341 g/mol. The predicted molar refractivity (Wildman–Crippen MR) is 92.2 cm³/mol. The van der Waals surface area contributed by atoms with E-state index >= 15 is 0 Å². The van der Waals surface area contributed by atoms with Crippen LogP contribution in [0.5, 0.6) is 0 Å². The van der Waals surface area contributed by atoms with Gasteiger partial charge < -0.3 is 15.5 Å². The number of nitrogens with zero attached hydrogens (tertiary/aromatic N) is 1. The van der Waals surface area contributed by atoms with Crippen molar-refractivity contribution < 1.29 is 14.0 Å². The summed E-state index contributed by atoms with van der Waals surface area (Å²) in [7, 11) is 0. The Hall–Kier alpha value is -2.93. The summed E-state index contributed by atoms with van der Waals surface area (Å²) < 4.78 is 5.43. The van der Waals surface area contributed by atoms with Crippen LogP contribution in [0.2, 0.25) is 0 Å². The van der Waals surface area contributed by atoms with Crippen molar-refractivity contribution in [3.63, 3.8) is 0 Å². The fourth-order valence-corrected chi connectivity index (χ4v) is 2.95. The molecule has 0 bridgehead atoms. The molecule has 3 aromatic rings. The molecule has 6 nitrogen and oxygen atoms in total. The van der Waals surface area contributed by atoms with Crippen LogP contribution in [0.4, 0.5) is 5.69 Å². The smallest absolute Gasteiger partial charge is 0.265 e. The molecule has 0 radical (unpaired) electrons. The van der Waals surface area contributed by atoms with E-state index in [9.17, 15) is 9.59 Å². The second kappa shape index (κ2) is 6.29. The highest BCUT2D eigenvalue weighted by molar-refractivity contribution is 7.16. The van der Waals surface area contributed by atoms with Gasteiger partial charge in [-0.05, 0) is 43.7 Å². The Bertz CT molecular complexity index is 927. The van der Waals surface area contributed by atoms with Crippen LogP contribution >= 0.6 is 11.3 Å². The van der Waals surface area contributed by atoms with E-state index in [0.29, 0.717) is 21.3 Å². The van der Waals surface area contributed by atoms with E-state index in [1.165, 1.54) is 6.07 Å². The lowest BCUT2D eigenvalue weighted by Gasteiger charge is -2.07. The molecule has 0 saturated heterocycles. The molecule has 3 N–H and O–H groups in total. The van der Waals surface area contributed by atoms with Gasteiger partial charge >= 0.3 is 0 Å². The number of aryl methyl sites for hydroxylation is 2. The number of hydrogen-bond acceptors (Lipinski definition) is 5. The number of anilines is 1. The van der Waals surface area contributed by atoms with Crippen molar-refractivity contribution in [2.75, 3.05) is 5.32 Å². The summed E-state index contributed by atoms with van der Waals surface area (Å²) in [6, 6.07) is 8.61. The molecule has 2 aromatic heterocycles.